The molecule has 3 nitrogen and oxygen atoms in total. The van der Waals surface area contributed by atoms with Crippen molar-refractivity contribution in [2.75, 3.05) is 0 Å². The van der Waals surface area contributed by atoms with Crippen molar-refractivity contribution in [3.63, 3.8) is 0 Å². The number of hydrogen-bond acceptors (Lipinski definition) is 3. The Morgan fingerprint density at radius 2 is 2.08 bits per heavy atom. The van der Waals surface area contributed by atoms with E-state index in [0.717, 1.165) is 6.20 Å². The first-order valence-corrected chi connectivity index (χ1v) is 6.15. The topological polar surface area (TPSA) is 47.0 Å². The Labute approximate surface area is 87.3 Å². The molecule has 0 aliphatic heterocycles. The average Bonchev–Trinajstić information content (AvgIpc) is 1.83. The minimum Gasteiger partial charge on any atom is -0.248 e. The highest BCUT2D eigenvalue weighted by molar-refractivity contribution is 9.10. The molecule has 0 atom stereocenters. The highest BCUT2D eigenvalue weighted by Gasteiger charge is 2.14. The van der Waals surface area contributed by atoms with Gasteiger partial charge in [-0.3, -0.25) is 0 Å². The van der Waals surface area contributed by atoms with Gasteiger partial charge in [0.25, 0.3) is 9.05 Å². The van der Waals surface area contributed by atoms with Crippen LogP contribution in [0.3, 0.4) is 0 Å². The quantitative estimate of drug-likeness (QED) is 0.589. The fraction of sp³-hybridized carbons (Fsp3) is 0. The monoisotopic (exact) mass is 289 g/mol. The Balaban J connectivity index is 3.39. The summed E-state index contributed by atoms with van der Waals surface area (Å²) in [5.41, 5.74) is 0. The number of aromatic nitrogens is 1. The second-order valence-corrected chi connectivity index (χ2v) is 5.63. The van der Waals surface area contributed by atoms with Crippen LogP contribution >= 0.6 is 38.2 Å². The molecule has 0 saturated carbocycles. The van der Waals surface area contributed by atoms with E-state index >= 15 is 0 Å². The first kappa shape index (κ1) is 10.2. The van der Waals surface area contributed by atoms with Crippen molar-refractivity contribution >= 4 is 47.3 Å². The lowest BCUT2D eigenvalue weighted by atomic mass is 10.5. The third kappa shape index (κ3) is 2.32. The Bertz CT molecular complexity index is 406. The number of halogens is 3. The van der Waals surface area contributed by atoms with Gasteiger partial charge in [0.2, 0.25) is 0 Å². The summed E-state index contributed by atoms with van der Waals surface area (Å²) in [4.78, 5) is 3.49. The molecule has 1 aromatic rings. The van der Waals surface area contributed by atoms with Gasteiger partial charge < -0.3 is 0 Å². The van der Waals surface area contributed by atoms with Gasteiger partial charge in [0.1, 0.15) is 9.50 Å². The molecule has 0 saturated heterocycles. The third-order valence-corrected chi connectivity index (χ3v) is 3.26. The van der Waals surface area contributed by atoms with Crippen molar-refractivity contribution in [2.24, 2.45) is 0 Å². The van der Waals surface area contributed by atoms with Crippen molar-refractivity contribution in [1.29, 1.82) is 0 Å². The van der Waals surface area contributed by atoms with Crippen LogP contribution in [0, 0.1) is 0 Å². The molecular weight excluding hydrogens is 289 g/mol. The zero-order valence-electron chi connectivity index (χ0n) is 5.46. The van der Waals surface area contributed by atoms with Crippen LogP contribution in [-0.2, 0) is 9.05 Å². The second kappa shape index (κ2) is 3.49. The highest BCUT2D eigenvalue weighted by atomic mass is 79.9. The molecule has 0 radical (unpaired) electrons. The maximum Gasteiger partial charge on any atom is 0.264 e. The lowest BCUT2D eigenvalue weighted by Gasteiger charge is -1.98. The Morgan fingerprint density at radius 3 is 2.50 bits per heavy atom. The number of hydrogen-bond donors (Lipinski definition) is 0. The maximum absolute atomic E-state index is 10.8. The zero-order chi connectivity index (χ0) is 9.35. The summed E-state index contributed by atoms with van der Waals surface area (Å²) in [5, 5.41) is 0.0480. The summed E-state index contributed by atoms with van der Waals surface area (Å²) in [6.45, 7) is 0. The van der Waals surface area contributed by atoms with Gasteiger partial charge in [-0.05, 0) is 22.0 Å². The van der Waals surface area contributed by atoms with E-state index in [9.17, 15) is 8.42 Å². The first-order chi connectivity index (χ1) is 5.41. The Hall–Kier alpha value is 0.160. The van der Waals surface area contributed by atoms with Crippen LogP contribution in [0.25, 0.3) is 0 Å². The Kier molecular flexibility index (Phi) is 2.98. The molecule has 7 heteroatoms. The van der Waals surface area contributed by atoms with E-state index in [4.69, 9.17) is 22.3 Å². The molecule has 0 fully saturated rings. The van der Waals surface area contributed by atoms with Gasteiger partial charge in [-0.1, -0.05) is 11.6 Å². The molecule has 1 aromatic heterocycles. The SMILES string of the molecule is O=S(=O)(Cl)c1cnc(Br)cc1Cl. The van der Waals surface area contributed by atoms with Crippen LogP contribution < -0.4 is 0 Å². The van der Waals surface area contributed by atoms with Crippen molar-refractivity contribution < 1.29 is 8.42 Å². The van der Waals surface area contributed by atoms with E-state index in [0.29, 0.717) is 4.60 Å². The Morgan fingerprint density at radius 1 is 1.50 bits per heavy atom. The fourth-order valence-electron chi connectivity index (χ4n) is 0.574. The number of pyridine rings is 1. The summed E-state index contributed by atoms with van der Waals surface area (Å²) in [6, 6.07) is 1.36. The largest absolute Gasteiger partial charge is 0.264 e. The predicted octanol–water partition coefficient (Wildman–Crippen LogP) is 2.43. The van der Waals surface area contributed by atoms with Crippen molar-refractivity contribution in [1.82, 2.24) is 4.98 Å². The third-order valence-electron chi connectivity index (χ3n) is 1.05. The summed E-state index contributed by atoms with van der Waals surface area (Å²) >= 11 is 8.61. The minimum atomic E-state index is -3.79. The zero-order valence-corrected chi connectivity index (χ0v) is 9.37. The van der Waals surface area contributed by atoms with Crippen molar-refractivity contribution in [3.05, 3.63) is 21.9 Å². The van der Waals surface area contributed by atoms with Crippen LogP contribution in [0.2, 0.25) is 5.02 Å². The molecule has 0 unspecified atom stereocenters. The lowest BCUT2D eigenvalue weighted by molar-refractivity contribution is 0.609. The molecule has 0 bridgehead atoms. The minimum absolute atomic E-state index is 0.0480. The van der Waals surface area contributed by atoms with Crippen LogP contribution in [-0.4, -0.2) is 13.4 Å². The maximum atomic E-state index is 10.8. The van der Waals surface area contributed by atoms with E-state index in [-0.39, 0.29) is 9.92 Å². The highest BCUT2D eigenvalue weighted by Crippen LogP contribution is 2.25. The normalized spacial score (nSPS) is 11.6. The summed E-state index contributed by atoms with van der Waals surface area (Å²) in [5.74, 6) is 0. The molecule has 0 aliphatic carbocycles. The summed E-state index contributed by atoms with van der Waals surface area (Å²) in [6.07, 6.45) is 1.09. The summed E-state index contributed by atoms with van der Waals surface area (Å²) < 4.78 is 22.0. The molecule has 0 aliphatic rings. The molecule has 12 heavy (non-hydrogen) atoms. The summed E-state index contributed by atoms with van der Waals surface area (Å²) in [7, 11) is 1.26. The lowest BCUT2D eigenvalue weighted by Crippen LogP contribution is -1.93. The van der Waals surface area contributed by atoms with Crippen molar-refractivity contribution in [2.45, 2.75) is 4.90 Å². The van der Waals surface area contributed by atoms with Crippen LogP contribution in [0.15, 0.2) is 21.8 Å². The molecule has 66 valence electrons. The average molecular weight is 291 g/mol. The molecule has 1 heterocycles. The van der Waals surface area contributed by atoms with Gasteiger partial charge in [0, 0.05) is 16.9 Å². The number of rotatable bonds is 1. The molecular formula is C5H2BrCl2NO2S. The molecule has 0 aromatic carbocycles. The van der Waals surface area contributed by atoms with E-state index in [2.05, 4.69) is 20.9 Å². The molecule has 0 amide bonds. The van der Waals surface area contributed by atoms with Gasteiger partial charge in [-0.15, -0.1) is 0 Å². The van der Waals surface area contributed by atoms with E-state index in [1.54, 1.807) is 0 Å². The number of nitrogens with zero attached hydrogens (tertiary/aromatic N) is 1. The van der Waals surface area contributed by atoms with Gasteiger partial charge >= 0.3 is 0 Å². The second-order valence-electron chi connectivity index (χ2n) is 1.88. The standard InChI is InChI=1S/C5H2BrCl2NO2S/c6-5-1-3(7)4(2-9-5)12(8,10)11/h1-2H. The van der Waals surface area contributed by atoms with Crippen molar-refractivity contribution in [3.8, 4) is 0 Å². The van der Waals surface area contributed by atoms with Crippen LogP contribution in [0.4, 0.5) is 0 Å². The van der Waals surface area contributed by atoms with Gasteiger partial charge in [-0.2, -0.15) is 0 Å². The van der Waals surface area contributed by atoms with E-state index < -0.39 is 9.05 Å². The van der Waals surface area contributed by atoms with Crippen LogP contribution in [0.1, 0.15) is 0 Å². The molecule has 0 spiro atoms. The van der Waals surface area contributed by atoms with Gasteiger partial charge in [0.05, 0.1) is 5.02 Å². The van der Waals surface area contributed by atoms with Gasteiger partial charge in [-0.25, -0.2) is 13.4 Å². The van der Waals surface area contributed by atoms with Gasteiger partial charge in [0.15, 0.2) is 0 Å². The van der Waals surface area contributed by atoms with Crippen LogP contribution in [0.5, 0.6) is 0 Å². The van der Waals surface area contributed by atoms with E-state index in [1.165, 1.54) is 6.07 Å². The first-order valence-electron chi connectivity index (χ1n) is 2.67. The molecule has 0 N–H and O–H groups in total. The fourth-order valence-corrected chi connectivity index (χ4v) is 2.45. The smallest absolute Gasteiger partial charge is 0.248 e. The predicted molar refractivity (Wildman–Crippen MR) is 50.0 cm³/mol. The van der Waals surface area contributed by atoms with E-state index in [1.807, 2.05) is 0 Å². The molecule has 1 rings (SSSR count).